The third kappa shape index (κ3) is 5.09. The Morgan fingerprint density at radius 1 is 1.29 bits per heavy atom. The van der Waals surface area contributed by atoms with E-state index in [4.69, 9.17) is 11.6 Å². The molecule has 2 nitrogen and oxygen atoms in total. The molecule has 0 radical (unpaired) electrons. The first-order chi connectivity index (χ1) is 11.3. The summed E-state index contributed by atoms with van der Waals surface area (Å²) in [4.78, 5) is 4.35. The van der Waals surface area contributed by atoms with Crippen molar-refractivity contribution in [1.29, 1.82) is 0 Å². The second kappa shape index (κ2) is 8.17. The Hall–Kier alpha value is -1.32. The number of hydrogen-bond donors (Lipinski definition) is 1. The summed E-state index contributed by atoms with van der Waals surface area (Å²) in [5, 5.41) is 4.19. The maximum atomic E-state index is 6.48. The van der Waals surface area contributed by atoms with E-state index in [1.807, 2.05) is 30.5 Å². The molecule has 0 unspecified atom stereocenters. The zero-order valence-corrected chi connectivity index (χ0v) is 17.0. The number of anilines is 1. The van der Waals surface area contributed by atoms with Gasteiger partial charge in [-0.3, -0.25) is 4.98 Å². The van der Waals surface area contributed by atoms with Crippen LogP contribution >= 0.6 is 27.5 Å². The fourth-order valence-corrected chi connectivity index (χ4v) is 3.58. The zero-order valence-electron chi connectivity index (χ0n) is 14.7. The molecule has 1 heterocycles. The summed E-state index contributed by atoms with van der Waals surface area (Å²) in [5.74, 6) is 0. The molecule has 4 heteroatoms. The predicted molar refractivity (Wildman–Crippen MR) is 109 cm³/mol. The quantitative estimate of drug-likeness (QED) is 0.596. The first-order valence-corrected chi connectivity index (χ1v) is 9.32. The van der Waals surface area contributed by atoms with Crippen molar-refractivity contribution in [3.63, 3.8) is 0 Å². The molecule has 2 aromatic rings. The van der Waals surface area contributed by atoms with Gasteiger partial charge in [0.15, 0.2) is 0 Å². The third-order valence-electron chi connectivity index (χ3n) is 3.86. The maximum Gasteiger partial charge on any atom is 0.0641 e. The molecule has 2 rings (SSSR count). The molecule has 1 aromatic carbocycles. The Balaban J connectivity index is 2.16. The van der Waals surface area contributed by atoms with Gasteiger partial charge in [0.25, 0.3) is 0 Å². The fourth-order valence-electron chi connectivity index (χ4n) is 2.41. The molecule has 0 aliphatic heterocycles. The molecule has 128 valence electrons. The van der Waals surface area contributed by atoms with Gasteiger partial charge in [-0.25, -0.2) is 0 Å². The van der Waals surface area contributed by atoms with Gasteiger partial charge in [0, 0.05) is 17.2 Å². The predicted octanol–water partition coefficient (Wildman–Crippen LogP) is 6.70. The number of rotatable bonds is 5. The van der Waals surface area contributed by atoms with Gasteiger partial charge >= 0.3 is 0 Å². The van der Waals surface area contributed by atoms with Gasteiger partial charge in [-0.05, 0) is 53.3 Å². The van der Waals surface area contributed by atoms with Crippen molar-refractivity contribution in [2.45, 2.75) is 39.5 Å². The molecule has 24 heavy (non-hydrogen) atoms. The average molecular weight is 408 g/mol. The highest BCUT2D eigenvalue weighted by Gasteiger charge is 2.19. The molecule has 1 N–H and O–H groups in total. The highest BCUT2D eigenvalue weighted by atomic mass is 79.9. The van der Waals surface area contributed by atoms with E-state index in [0.717, 1.165) is 33.8 Å². The van der Waals surface area contributed by atoms with Crippen LogP contribution in [0.15, 0.2) is 46.6 Å². The van der Waals surface area contributed by atoms with Crippen LogP contribution in [0.1, 0.15) is 45.4 Å². The number of hydrogen-bond acceptors (Lipinski definition) is 2. The molecule has 1 aromatic heterocycles. The SMILES string of the molecule is CCC(=Cc1ccccn1)CNc1cc(Br)c(C(C)(C)C)cc1Cl. The summed E-state index contributed by atoms with van der Waals surface area (Å²) in [7, 11) is 0. The highest BCUT2D eigenvalue weighted by molar-refractivity contribution is 9.10. The van der Waals surface area contributed by atoms with Crippen molar-refractivity contribution in [2.75, 3.05) is 11.9 Å². The first kappa shape index (κ1) is 19.0. The molecule has 0 amide bonds. The molecule has 0 fully saturated rings. The molecule has 0 atom stereocenters. The van der Waals surface area contributed by atoms with Crippen LogP contribution < -0.4 is 5.32 Å². The molecule has 0 bridgehead atoms. The normalized spacial score (nSPS) is 12.3. The lowest BCUT2D eigenvalue weighted by Gasteiger charge is -2.22. The van der Waals surface area contributed by atoms with Crippen molar-refractivity contribution in [3.05, 3.63) is 62.9 Å². The Labute approximate surface area is 158 Å². The molecule has 0 spiro atoms. The van der Waals surface area contributed by atoms with E-state index in [9.17, 15) is 0 Å². The van der Waals surface area contributed by atoms with E-state index in [0.29, 0.717) is 0 Å². The summed E-state index contributed by atoms with van der Waals surface area (Å²) in [6, 6.07) is 10.0. The van der Waals surface area contributed by atoms with E-state index >= 15 is 0 Å². The summed E-state index contributed by atoms with van der Waals surface area (Å²) in [5.41, 5.74) is 4.45. The van der Waals surface area contributed by atoms with E-state index in [2.05, 4.69) is 66.1 Å². The van der Waals surface area contributed by atoms with Crippen LogP contribution in [0.5, 0.6) is 0 Å². The minimum Gasteiger partial charge on any atom is -0.380 e. The molecule has 0 aliphatic rings. The minimum atomic E-state index is 0.0501. The molecule has 0 saturated heterocycles. The molecule has 0 aliphatic carbocycles. The number of pyridine rings is 1. The van der Waals surface area contributed by atoms with E-state index < -0.39 is 0 Å². The van der Waals surface area contributed by atoms with Gasteiger partial charge in [0.05, 0.1) is 16.4 Å². The van der Waals surface area contributed by atoms with Gasteiger partial charge in [-0.15, -0.1) is 0 Å². The Morgan fingerprint density at radius 3 is 2.62 bits per heavy atom. The Morgan fingerprint density at radius 2 is 2.04 bits per heavy atom. The largest absolute Gasteiger partial charge is 0.380 e. The average Bonchev–Trinajstić information content (AvgIpc) is 2.53. The molecular formula is C20H24BrClN2. The smallest absolute Gasteiger partial charge is 0.0641 e. The van der Waals surface area contributed by atoms with Crippen molar-refractivity contribution < 1.29 is 0 Å². The summed E-state index contributed by atoms with van der Waals surface area (Å²) >= 11 is 10.2. The van der Waals surface area contributed by atoms with Gasteiger partial charge in [-0.2, -0.15) is 0 Å². The van der Waals surface area contributed by atoms with E-state index in [-0.39, 0.29) is 5.41 Å². The number of nitrogens with zero attached hydrogens (tertiary/aromatic N) is 1. The van der Waals surface area contributed by atoms with Gasteiger partial charge in [0.2, 0.25) is 0 Å². The topological polar surface area (TPSA) is 24.9 Å². The fraction of sp³-hybridized carbons (Fsp3) is 0.350. The molecule has 0 saturated carbocycles. The lowest BCUT2D eigenvalue weighted by molar-refractivity contribution is 0.587. The van der Waals surface area contributed by atoms with E-state index in [1.165, 1.54) is 11.1 Å². The van der Waals surface area contributed by atoms with Crippen LogP contribution in [-0.2, 0) is 5.41 Å². The first-order valence-electron chi connectivity index (χ1n) is 8.15. The number of nitrogens with one attached hydrogen (secondary N) is 1. The Kier molecular flexibility index (Phi) is 6.47. The monoisotopic (exact) mass is 406 g/mol. The number of benzene rings is 1. The van der Waals surface area contributed by atoms with Crippen LogP contribution in [0.4, 0.5) is 5.69 Å². The van der Waals surface area contributed by atoms with Crippen molar-refractivity contribution >= 4 is 39.3 Å². The lowest BCUT2D eigenvalue weighted by atomic mass is 9.87. The second-order valence-electron chi connectivity index (χ2n) is 6.83. The number of halogens is 2. The van der Waals surface area contributed by atoms with Crippen LogP contribution in [0.2, 0.25) is 5.02 Å². The van der Waals surface area contributed by atoms with Crippen molar-refractivity contribution in [2.24, 2.45) is 0 Å². The van der Waals surface area contributed by atoms with Gasteiger partial charge < -0.3 is 5.32 Å². The van der Waals surface area contributed by atoms with Crippen LogP contribution in [-0.4, -0.2) is 11.5 Å². The third-order valence-corrected chi connectivity index (χ3v) is 4.83. The Bertz CT molecular complexity index is 718. The van der Waals surface area contributed by atoms with Crippen LogP contribution in [0.3, 0.4) is 0 Å². The van der Waals surface area contributed by atoms with Crippen molar-refractivity contribution in [3.8, 4) is 0 Å². The highest BCUT2D eigenvalue weighted by Crippen LogP contribution is 2.36. The second-order valence-corrected chi connectivity index (χ2v) is 8.09. The summed E-state index contributed by atoms with van der Waals surface area (Å²) in [6.45, 7) is 9.44. The summed E-state index contributed by atoms with van der Waals surface area (Å²) < 4.78 is 1.08. The van der Waals surface area contributed by atoms with Crippen LogP contribution in [0, 0.1) is 0 Å². The lowest BCUT2D eigenvalue weighted by Crippen LogP contribution is -2.13. The van der Waals surface area contributed by atoms with E-state index in [1.54, 1.807) is 0 Å². The zero-order chi connectivity index (χ0) is 17.7. The standard InChI is InChI=1S/C20H24BrClN2/c1-5-14(10-15-8-6-7-9-23-15)13-24-19-12-17(21)16(11-18(19)22)20(2,3)4/h6-12,24H,5,13H2,1-4H3. The van der Waals surface area contributed by atoms with Crippen molar-refractivity contribution in [1.82, 2.24) is 4.98 Å². The number of aromatic nitrogens is 1. The van der Waals surface area contributed by atoms with Gasteiger partial charge in [-0.1, -0.05) is 61.3 Å². The van der Waals surface area contributed by atoms with Crippen LogP contribution in [0.25, 0.3) is 6.08 Å². The van der Waals surface area contributed by atoms with Gasteiger partial charge in [0.1, 0.15) is 0 Å². The minimum absolute atomic E-state index is 0.0501. The molecular weight excluding hydrogens is 384 g/mol. The summed E-state index contributed by atoms with van der Waals surface area (Å²) in [6.07, 6.45) is 4.90. The maximum absolute atomic E-state index is 6.48.